The lowest BCUT2D eigenvalue weighted by Gasteiger charge is -2.13. The first-order valence-electron chi connectivity index (χ1n) is 20.0. The second-order valence-electron chi connectivity index (χ2n) is 14.1. The summed E-state index contributed by atoms with van der Waals surface area (Å²) in [7, 11) is 0. The van der Waals surface area contributed by atoms with E-state index in [0.717, 1.165) is 73.6 Å². The van der Waals surface area contributed by atoms with Crippen molar-refractivity contribution in [2.75, 3.05) is 58.1 Å². The van der Waals surface area contributed by atoms with Gasteiger partial charge in [0.25, 0.3) is 6.26 Å². The predicted molar refractivity (Wildman–Crippen MR) is 233 cm³/mol. The number of urea groups is 4. The van der Waals surface area contributed by atoms with Crippen molar-refractivity contribution in [3.63, 3.8) is 0 Å². The number of carbonyl (C=O) groups excluding carboxylic acids is 5. The van der Waals surface area contributed by atoms with Crippen molar-refractivity contribution in [2.45, 2.75) is 64.2 Å². The average molecular weight is 815 g/mol. The predicted octanol–water partition coefficient (Wildman–Crippen LogP) is 9.30. The fourth-order valence-corrected chi connectivity index (χ4v) is 6.76. The number of isocyanates is 1. The molecule has 0 radical (unpaired) electrons. The molecule has 0 aliphatic heterocycles. The first kappa shape index (κ1) is 43.7. The number of aliphatic imine (C=N–C) groups is 1. The fourth-order valence-electron chi connectivity index (χ4n) is 6.76. The molecule has 0 saturated carbocycles. The molecule has 1 unspecified atom stereocenters. The summed E-state index contributed by atoms with van der Waals surface area (Å²) in [5.41, 5.74) is 7.41. The highest BCUT2D eigenvalue weighted by Crippen LogP contribution is 2.46. The number of unbranched alkanes of at least 4 members (excludes halogenated alkanes) is 6. The third-order valence-corrected chi connectivity index (χ3v) is 9.67. The molecule has 0 spiro atoms. The molecule has 312 valence electrons. The van der Waals surface area contributed by atoms with Crippen LogP contribution in [-0.2, 0) is 9.53 Å². The van der Waals surface area contributed by atoms with Gasteiger partial charge in [-0.2, -0.15) is 5.26 Å². The van der Waals surface area contributed by atoms with Crippen molar-refractivity contribution >= 4 is 64.3 Å². The minimum absolute atomic E-state index is 0.0143. The molecular formula is C44H50N10O6. The van der Waals surface area contributed by atoms with E-state index >= 15 is 0 Å². The quantitative estimate of drug-likeness (QED) is 0.0186. The lowest BCUT2D eigenvalue weighted by Crippen LogP contribution is -2.29. The fraction of sp³-hybridized carbons (Fsp3) is 0.318. The number of nitrogens with zero attached hydrogens (tertiary/aromatic N) is 2. The van der Waals surface area contributed by atoms with Crippen LogP contribution in [-0.4, -0.2) is 56.4 Å². The summed E-state index contributed by atoms with van der Waals surface area (Å²) < 4.78 is 4.66. The number of ether oxygens (including phenoxy) is 1. The van der Waals surface area contributed by atoms with Gasteiger partial charge in [-0.1, -0.05) is 50.5 Å². The van der Waals surface area contributed by atoms with E-state index in [1.807, 2.05) is 36.4 Å². The van der Waals surface area contributed by atoms with Crippen LogP contribution in [0.3, 0.4) is 0 Å². The summed E-state index contributed by atoms with van der Waals surface area (Å²) in [6.45, 7) is 3.97. The van der Waals surface area contributed by atoms with Gasteiger partial charge in [-0.25, -0.2) is 29.0 Å². The molecule has 0 fully saturated rings. The SMILES string of the molecule is CC1c2cc(NC(=O)Nc3cccc(NC(=O)NCCCCCCN=C=O)c3)ccc2-c2ccc(NC(=O)Nc3cccc(NC(=O)NCCCCCCOC#N)c3)cc21. The topological polar surface area (TPSA) is 227 Å². The molecule has 0 heterocycles. The monoisotopic (exact) mass is 814 g/mol. The van der Waals surface area contributed by atoms with Crippen LogP contribution < -0.4 is 42.5 Å². The van der Waals surface area contributed by atoms with Crippen molar-refractivity contribution in [3.05, 3.63) is 96.1 Å². The number of amides is 8. The normalized spacial score (nSPS) is 12.0. The maximum Gasteiger partial charge on any atom is 0.323 e. The number of anilines is 6. The molecule has 16 heteroatoms. The summed E-state index contributed by atoms with van der Waals surface area (Å²) in [6, 6.07) is 23.6. The van der Waals surface area contributed by atoms with E-state index in [2.05, 4.69) is 59.2 Å². The molecule has 8 amide bonds. The van der Waals surface area contributed by atoms with Crippen molar-refractivity contribution < 1.29 is 28.7 Å². The summed E-state index contributed by atoms with van der Waals surface area (Å²) in [5.74, 6) is -0.0143. The molecule has 4 aromatic rings. The summed E-state index contributed by atoms with van der Waals surface area (Å²) in [4.78, 5) is 64.4. The van der Waals surface area contributed by atoms with Gasteiger partial charge in [0.05, 0.1) is 6.54 Å². The van der Waals surface area contributed by atoms with Gasteiger partial charge in [-0.15, -0.1) is 0 Å². The van der Waals surface area contributed by atoms with Crippen molar-refractivity contribution in [1.82, 2.24) is 10.6 Å². The minimum Gasteiger partial charge on any atom is -0.428 e. The average Bonchev–Trinajstić information content (AvgIpc) is 3.49. The van der Waals surface area contributed by atoms with E-state index in [0.29, 0.717) is 60.4 Å². The molecule has 4 aromatic carbocycles. The number of hydrogen-bond acceptors (Lipinski definition) is 8. The highest BCUT2D eigenvalue weighted by Gasteiger charge is 2.26. The minimum atomic E-state index is -0.441. The van der Waals surface area contributed by atoms with Gasteiger partial charge in [0.15, 0.2) is 0 Å². The van der Waals surface area contributed by atoms with Crippen molar-refractivity contribution in [3.8, 4) is 17.4 Å². The van der Waals surface area contributed by atoms with Gasteiger partial charge < -0.3 is 47.3 Å². The number of carbonyl (C=O) groups is 4. The van der Waals surface area contributed by atoms with Crippen LogP contribution >= 0.6 is 0 Å². The molecule has 8 N–H and O–H groups in total. The second-order valence-corrected chi connectivity index (χ2v) is 14.1. The smallest absolute Gasteiger partial charge is 0.323 e. The van der Waals surface area contributed by atoms with E-state index in [1.165, 1.54) is 6.08 Å². The Morgan fingerprint density at radius 2 is 0.983 bits per heavy atom. The third-order valence-electron chi connectivity index (χ3n) is 9.67. The Morgan fingerprint density at radius 3 is 1.43 bits per heavy atom. The van der Waals surface area contributed by atoms with Crippen molar-refractivity contribution in [2.24, 2.45) is 4.99 Å². The molecule has 0 aromatic heterocycles. The molecule has 60 heavy (non-hydrogen) atoms. The Bertz CT molecular complexity index is 2220. The highest BCUT2D eigenvalue weighted by atomic mass is 16.5. The van der Waals surface area contributed by atoms with Gasteiger partial charge in [-0.3, -0.25) is 0 Å². The standard InChI is InChI=1S/C44H50N10O6/c1-30-39-26-35(53-43(58)51-33-14-10-12-31(24-33)49-41(56)47-21-7-3-2-6-20-46-29-55)16-18-37(39)38-19-17-36(27-40(30)38)54-44(59)52-34-15-11-13-32(25-34)50-42(57)48-22-8-4-5-9-23-60-28-45/h10-19,24-27,30H,2-9,20-23H2,1H3,(H2,47,49,56)(H2,48,50,57)(H2,51,53,58)(H2,52,54,59). The second kappa shape index (κ2) is 23.1. The molecule has 5 rings (SSSR count). The van der Waals surface area contributed by atoms with E-state index in [1.54, 1.807) is 54.8 Å². The van der Waals surface area contributed by atoms with Gasteiger partial charge in [0.1, 0.15) is 6.61 Å². The Labute approximate surface area is 349 Å². The van der Waals surface area contributed by atoms with Crippen LogP contribution in [0, 0.1) is 11.5 Å². The molecule has 1 atom stereocenters. The Balaban J connectivity index is 1.06. The Morgan fingerprint density at radius 1 is 0.567 bits per heavy atom. The van der Waals surface area contributed by atoms with E-state index < -0.39 is 12.1 Å². The largest absolute Gasteiger partial charge is 0.428 e. The van der Waals surface area contributed by atoms with E-state index in [9.17, 15) is 24.0 Å². The number of hydrogen-bond donors (Lipinski definition) is 8. The Hall–Kier alpha value is -7.37. The Kier molecular flexibility index (Phi) is 16.9. The highest BCUT2D eigenvalue weighted by molar-refractivity contribution is 6.02. The molecule has 0 saturated heterocycles. The van der Waals surface area contributed by atoms with Crippen LogP contribution in [0.4, 0.5) is 53.3 Å². The van der Waals surface area contributed by atoms with Gasteiger partial charge in [0.2, 0.25) is 6.08 Å². The zero-order valence-electron chi connectivity index (χ0n) is 33.5. The van der Waals surface area contributed by atoms with E-state index in [-0.39, 0.29) is 18.0 Å². The van der Waals surface area contributed by atoms with E-state index in [4.69, 9.17) is 5.26 Å². The first-order chi connectivity index (χ1) is 29.2. The summed E-state index contributed by atoms with van der Waals surface area (Å²) in [5, 5.41) is 31.0. The molecule has 1 aliphatic rings. The van der Waals surface area contributed by atoms with Crippen LogP contribution in [0.5, 0.6) is 0 Å². The molecule has 1 aliphatic carbocycles. The number of rotatable bonds is 20. The first-order valence-corrected chi connectivity index (χ1v) is 20.0. The zero-order valence-corrected chi connectivity index (χ0v) is 33.5. The number of nitriles is 1. The third kappa shape index (κ3) is 13.9. The molecule has 16 nitrogen and oxygen atoms in total. The number of fused-ring (bicyclic) bond motifs is 3. The lowest BCUT2D eigenvalue weighted by atomic mass is 9.98. The van der Waals surface area contributed by atoms with Gasteiger partial charge in [-0.05, 0) is 115 Å². The number of benzene rings is 4. The van der Waals surface area contributed by atoms with Crippen molar-refractivity contribution in [1.29, 1.82) is 5.26 Å². The zero-order chi connectivity index (χ0) is 42.5. The maximum atomic E-state index is 13.0. The summed E-state index contributed by atoms with van der Waals surface area (Å²) >= 11 is 0. The molecule has 0 bridgehead atoms. The van der Waals surface area contributed by atoms with Gasteiger partial charge >= 0.3 is 24.1 Å². The van der Waals surface area contributed by atoms with Crippen LogP contribution in [0.25, 0.3) is 11.1 Å². The molecular weight excluding hydrogens is 765 g/mol. The van der Waals surface area contributed by atoms with Crippen LogP contribution in [0.1, 0.15) is 75.3 Å². The lowest BCUT2D eigenvalue weighted by molar-refractivity contribution is 0.250. The maximum absolute atomic E-state index is 13.0. The van der Waals surface area contributed by atoms with Gasteiger partial charge in [0, 0.05) is 53.1 Å². The van der Waals surface area contributed by atoms with Crippen LogP contribution in [0.15, 0.2) is 89.9 Å². The number of nitrogens with one attached hydrogen (secondary N) is 8. The summed E-state index contributed by atoms with van der Waals surface area (Å²) in [6.07, 6.45) is 10.0. The van der Waals surface area contributed by atoms with Crippen LogP contribution in [0.2, 0.25) is 0 Å².